The molecule has 3 N–H and O–H groups in total. The van der Waals surface area contributed by atoms with Gasteiger partial charge in [0, 0.05) is 17.2 Å². The van der Waals surface area contributed by atoms with Gasteiger partial charge < -0.3 is 19.9 Å². The van der Waals surface area contributed by atoms with E-state index in [0.717, 1.165) is 16.7 Å². The van der Waals surface area contributed by atoms with Crippen LogP contribution in [0.25, 0.3) is 22.4 Å². The quantitative estimate of drug-likeness (QED) is 0.0637. The van der Waals surface area contributed by atoms with Crippen molar-refractivity contribution < 1.29 is 36.6 Å². The highest BCUT2D eigenvalue weighted by molar-refractivity contribution is 5.76. The zero-order valence-corrected chi connectivity index (χ0v) is 31.6. The molecule has 0 saturated carbocycles. The van der Waals surface area contributed by atoms with Crippen LogP contribution in [0, 0.1) is 5.82 Å². The predicted molar refractivity (Wildman–Crippen MR) is 217 cm³/mol. The highest BCUT2D eigenvalue weighted by Gasteiger charge is 2.44. The average Bonchev–Trinajstić information content (AvgIpc) is 3.26. The molecule has 0 radical (unpaired) electrons. The van der Waals surface area contributed by atoms with Crippen molar-refractivity contribution >= 4 is 11.9 Å². The third-order valence-corrected chi connectivity index (χ3v) is 9.69. The Bertz CT molecular complexity index is 2380. The van der Waals surface area contributed by atoms with Crippen LogP contribution in [0.2, 0.25) is 0 Å². The molecule has 12 heteroatoms. The number of nitrogens with two attached hydrogens (primary N) is 1. The lowest BCUT2D eigenvalue weighted by molar-refractivity contribution is -0.198. The fourth-order valence-electron chi connectivity index (χ4n) is 6.90. The van der Waals surface area contributed by atoms with Gasteiger partial charge in [-0.05, 0) is 64.2 Å². The second-order valence-electron chi connectivity index (χ2n) is 13.5. The second-order valence-corrected chi connectivity index (χ2v) is 13.5. The van der Waals surface area contributed by atoms with Crippen molar-refractivity contribution in [1.29, 1.82) is 0 Å². The largest absolute Gasteiger partial charge is 0.491 e. The molecule has 0 saturated heterocycles. The van der Waals surface area contributed by atoms with Crippen molar-refractivity contribution in [2.75, 3.05) is 19.5 Å². The molecule has 0 fully saturated rings. The molecular formula is C47H38F4N4O4. The van der Waals surface area contributed by atoms with Crippen molar-refractivity contribution in [1.82, 2.24) is 15.3 Å². The van der Waals surface area contributed by atoms with Gasteiger partial charge in [0.15, 0.2) is 0 Å². The number of hydrogen-bond acceptors (Lipinski definition) is 8. The summed E-state index contributed by atoms with van der Waals surface area (Å²) < 4.78 is 73.8. The Morgan fingerprint density at radius 1 is 0.678 bits per heavy atom. The molecule has 0 aliphatic rings. The summed E-state index contributed by atoms with van der Waals surface area (Å²) in [6.45, 7) is -0.124. The molecule has 0 amide bonds. The molecule has 2 atom stereocenters. The summed E-state index contributed by atoms with van der Waals surface area (Å²) in [7, 11) is 1.31. The minimum absolute atomic E-state index is 0.124. The number of carbonyl (C=O) groups is 1. The first kappa shape index (κ1) is 40.2. The summed E-state index contributed by atoms with van der Waals surface area (Å²) in [6.07, 6.45) is -7.21. The number of benzene rings is 6. The van der Waals surface area contributed by atoms with Crippen LogP contribution in [0.1, 0.15) is 28.4 Å². The number of anilines is 1. The molecule has 1 heterocycles. The van der Waals surface area contributed by atoms with E-state index in [0.29, 0.717) is 22.4 Å². The molecule has 0 spiro atoms. The summed E-state index contributed by atoms with van der Waals surface area (Å²) in [5.74, 6) is -1.30. The summed E-state index contributed by atoms with van der Waals surface area (Å²) in [5.41, 5.74) is 9.19. The van der Waals surface area contributed by atoms with Crippen molar-refractivity contribution in [3.8, 4) is 34.0 Å². The fraction of sp³-hybridized carbons (Fsp3) is 0.128. The van der Waals surface area contributed by atoms with Gasteiger partial charge in [-0.3, -0.25) is 10.1 Å². The van der Waals surface area contributed by atoms with E-state index >= 15 is 0 Å². The van der Waals surface area contributed by atoms with Crippen LogP contribution < -0.4 is 20.5 Å². The minimum Gasteiger partial charge on any atom is -0.491 e. The van der Waals surface area contributed by atoms with Crippen molar-refractivity contribution in [3.63, 3.8) is 0 Å². The lowest BCUT2D eigenvalue weighted by Gasteiger charge is -2.39. The van der Waals surface area contributed by atoms with E-state index < -0.39 is 41.5 Å². The molecule has 59 heavy (non-hydrogen) atoms. The number of aromatic nitrogens is 2. The molecule has 0 bridgehead atoms. The van der Waals surface area contributed by atoms with E-state index in [1.807, 2.05) is 91.0 Å². The van der Waals surface area contributed by atoms with Crippen LogP contribution in [-0.4, -0.2) is 41.9 Å². The van der Waals surface area contributed by atoms with Crippen LogP contribution in [0.3, 0.4) is 0 Å². The Labute approximate surface area is 338 Å². The minimum atomic E-state index is -4.82. The van der Waals surface area contributed by atoms with Gasteiger partial charge in [-0.1, -0.05) is 127 Å². The highest BCUT2D eigenvalue weighted by atomic mass is 19.4. The first-order chi connectivity index (χ1) is 28.5. The molecular weight excluding hydrogens is 761 g/mol. The number of esters is 1. The molecule has 7 rings (SSSR count). The van der Waals surface area contributed by atoms with Crippen molar-refractivity contribution in [2.45, 2.75) is 23.9 Å². The Morgan fingerprint density at radius 2 is 1.24 bits per heavy atom. The summed E-state index contributed by atoms with van der Waals surface area (Å²) in [4.78, 5) is 21.6. The van der Waals surface area contributed by atoms with Gasteiger partial charge in [-0.15, -0.1) is 0 Å². The molecule has 1 aromatic heterocycles. The van der Waals surface area contributed by atoms with E-state index in [1.165, 1.54) is 55.6 Å². The summed E-state index contributed by atoms with van der Waals surface area (Å²) in [6, 6.07) is 47.5. The van der Waals surface area contributed by atoms with Crippen LogP contribution in [0.4, 0.5) is 23.5 Å². The predicted octanol–water partition coefficient (Wildman–Crippen LogP) is 9.72. The Balaban J connectivity index is 1.11. The number of halogens is 4. The van der Waals surface area contributed by atoms with E-state index in [4.69, 9.17) is 19.9 Å². The Hall–Kier alpha value is -7.05. The summed E-state index contributed by atoms with van der Waals surface area (Å²) >= 11 is 0. The standard InChI is InChI=1S/C47H38F4N4O4/c1-57-44(56)41(55-46(35-13-5-2-6-14-35,36-15-7-3-8-16-36)37-17-9-4-10-18-37)30-58-39-26-24-32(25-27-39)40-29-42(54-45(52)53-40)59-43(47(49,50)51)33-22-20-31(21-23-33)34-12-11-19-38(48)28-34/h2-29,41,43,55H,30H2,1H3,(H2,52,53,54). The molecule has 0 aliphatic carbocycles. The zero-order valence-electron chi connectivity index (χ0n) is 31.6. The maximum atomic E-state index is 14.4. The highest BCUT2D eigenvalue weighted by Crippen LogP contribution is 2.39. The molecule has 7 aromatic rings. The SMILES string of the molecule is COC(=O)C(COc1ccc(-c2cc(OC(c3ccc(-c4cccc(F)c4)cc3)C(F)(F)F)nc(N)n2)cc1)NC(c1ccccc1)(c1ccccc1)c1ccccc1. The lowest BCUT2D eigenvalue weighted by atomic mass is 9.76. The maximum Gasteiger partial charge on any atom is 0.429 e. The van der Waals surface area contributed by atoms with E-state index in [-0.39, 0.29) is 23.8 Å². The molecule has 2 unspecified atom stereocenters. The van der Waals surface area contributed by atoms with Gasteiger partial charge in [0.25, 0.3) is 0 Å². The van der Waals surface area contributed by atoms with Gasteiger partial charge in [0.2, 0.25) is 17.9 Å². The second kappa shape index (κ2) is 17.6. The van der Waals surface area contributed by atoms with Crippen LogP contribution in [0.5, 0.6) is 11.6 Å². The molecule has 298 valence electrons. The van der Waals surface area contributed by atoms with Gasteiger partial charge in [-0.2, -0.15) is 18.2 Å². The number of ether oxygens (including phenoxy) is 3. The van der Waals surface area contributed by atoms with Gasteiger partial charge in [0.1, 0.15) is 24.2 Å². The Kier molecular flexibility index (Phi) is 12.0. The number of nitrogens with zero attached hydrogens (tertiary/aromatic N) is 2. The number of carbonyl (C=O) groups excluding carboxylic acids is 1. The van der Waals surface area contributed by atoms with Gasteiger partial charge >= 0.3 is 12.1 Å². The maximum absolute atomic E-state index is 14.4. The van der Waals surface area contributed by atoms with Gasteiger partial charge in [0.05, 0.1) is 18.3 Å². The third kappa shape index (κ3) is 9.24. The van der Waals surface area contributed by atoms with Gasteiger partial charge in [-0.25, -0.2) is 9.37 Å². The van der Waals surface area contributed by atoms with Crippen LogP contribution in [-0.2, 0) is 15.1 Å². The monoisotopic (exact) mass is 798 g/mol. The fourth-order valence-corrected chi connectivity index (χ4v) is 6.90. The summed E-state index contributed by atoms with van der Waals surface area (Å²) in [5, 5.41) is 3.60. The number of hydrogen-bond donors (Lipinski definition) is 2. The number of rotatable bonds is 14. The number of nitrogens with one attached hydrogen (secondary N) is 1. The lowest BCUT2D eigenvalue weighted by Crippen LogP contribution is -2.55. The van der Waals surface area contributed by atoms with Crippen LogP contribution in [0.15, 0.2) is 170 Å². The zero-order chi connectivity index (χ0) is 41.4. The van der Waals surface area contributed by atoms with E-state index in [2.05, 4.69) is 15.3 Å². The average molecular weight is 799 g/mol. The molecule has 8 nitrogen and oxygen atoms in total. The Morgan fingerprint density at radius 3 is 1.76 bits per heavy atom. The first-order valence-electron chi connectivity index (χ1n) is 18.5. The normalized spacial score (nSPS) is 12.6. The van der Waals surface area contributed by atoms with Crippen molar-refractivity contribution in [2.24, 2.45) is 0 Å². The number of methoxy groups -OCH3 is 1. The number of nitrogen functional groups attached to an aromatic ring is 1. The van der Waals surface area contributed by atoms with E-state index in [1.54, 1.807) is 30.3 Å². The topological polar surface area (TPSA) is 109 Å². The first-order valence-corrected chi connectivity index (χ1v) is 18.5. The van der Waals surface area contributed by atoms with Crippen molar-refractivity contribution in [3.05, 3.63) is 198 Å². The smallest absolute Gasteiger partial charge is 0.429 e. The van der Waals surface area contributed by atoms with Crippen LogP contribution >= 0.6 is 0 Å². The van der Waals surface area contributed by atoms with E-state index in [9.17, 15) is 22.4 Å². The molecule has 6 aromatic carbocycles. The third-order valence-electron chi connectivity index (χ3n) is 9.69. The number of alkyl halides is 3. The molecule has 0 aliphatic heterocycles.